The van der Waals surface area contributed by atoms with Crippen molar-refractivity contribution in [1.29, 1.82) is 0 Å². The summed E-state index contributed by atoms with van der Waals surface area (Å²) in [6.07, 6.45) is 3.20. The van der Waals surface area contributed by atoms with Gasteiger partial charge in [-0.25, -0.2) is 14.5 Å². The standard InChI is InChI=1S/C29H30N4O4/c1-18-26-24(29(35)37-19(2)28(34)30-21-9-7-8-10-21)17-25(20-13-15-23(36-3)16-14-20)31-27(26)33(32-18)22-11-5-4-6-12-22/h4-6,11-17,19,21H,7-10H2,1-3H3,(H,30,34)/t19-/m1/s1. The van der Waals surface area contributed by atoms with E-state index in [0.717, 1.165) is 42.7 Å². The van der Waals surface area contributed by atoms with E-state index in [-0.39, 0.29) is 11.9 Å². The van der Waals surface area contributed by atoms with Gasteiger partial charge in [0.05, 0.1) is 35.1 Å². The van der Waals surface area contributed by atoms with E-state index in [0.29, 0.717) is 28.0 Å². The Hall–Kier alpha value is -4.20. The summed E-state index contributed by atoms with van der Waals surface area (Å²) in [5.74, 6) is -0.152. The molecule has 2 aromatic heterocycles. The van der Waals surface area contributed by atoms with Crippen molar-refractivity contribution in [1.82, 2.24) is 20.1 Å². The third-order valence-electron chi connectivity index (χ3n) is 6.77. The SMILES string of the molecule is COc1ccc(-c2cc(C(=O)O[C@H](C)C(=O)NC3CCCC3)c3c(C)nn(-c4ccccc4)c3n2)cc1. The van der Waals surface area contributed by atoms with Crippen LogP contribution in [0.15, 0.2) is 60.7 Å². The van der Waals surface area contributed by atoms with Gasteiger partial charge >= 0.3 is 5.97 Å². The number of hydrogen-bond donors (Lipinski definition) is 1. The van der Waals surface area contributed by atoms with Crippen LogP contribution in [0.4, 0.5) is 0 Å². The van der Waals surface area contributed by atoms with Crippen LogP contribution in [-0.2, 0) is 9.53 Å². The molecule has 1 amide bonds. The number of hydrogen-bond acceptors (Lipinski definition) is 6. The van der Waals surface area contributed by atoms with Crippen LogP contribution in [0.1, 0.15) is 48.7 Å². The topological polar surface area (TPSA) is 95.3 Å². The molecular weight excluding hydrogens is 468 g/mol. The molecule has 0 aliphatic heterocycles. The molecule has 1 fully saturated rings. The summed E-state index contributed by atoms with van der Waals surface area (Å²) in [5.41, 5.74) is 3.71. The van der Waals surface area contributed by atoms with Crippen molar-refractivity contribution in [2.75, 3.05) is 7.11 Å². The van der Waals surface area contributed by atoms with E-state index in [9.17, 15) is 9.59 Å². The lowest BCUT2D eigenvalue weighted by Crippen LogP contribution is -2.40. The van der Waals surface area contributed by atoms with Gasteiger partial charge < -0.3 is 14.8 Å². The van der Waals surface area contributed by atoms with E-state index >= 15 is 0 Å². The number of carbonyl (C=O) groups excluding carboxylic acids is 2. The highest BCUT2D eigenvalue weighted by Gasteiger charge is 2.27. The molecule has 0 spiro atoms. The van der Waals surface area contributed by atoms with Crippen LogP contribution in [0, 0.1) is 6.92 Å². The number of rotatable bonds is 7. The Morgan fingerprint density at radius 2 is 1.76 bits per heavy atom. The largest absolute Gasteiger partial charge is 0.497 e. The predicted molar refractivity (Wildman–Crippen MR) is 141 cm³/mol. The second-order valence-corrected chi connectivity index (χ2v) is 9.35. The number of carbonyl (C=O) groups is 2. The summed E-state index contributed by atoms with van der Waals surface area (Å²) < 4.78 is 12.7. The van der Waals surface area contributed by atoms with Gasteiger partial charge in [-0.3, -0.25) is 4.79 Å². The van der Waals surface area contributed by atoms with Crippen molar-refractivity contribution in [3.63, 3.8) is 0 Å². The molecule has 2 heterocycles. The Bertz CT molecular complexity index is 1420. The molecule has 0 unspecified atom stereocenters. The first-order valence-electron chi connectivity index (χ1n) is 12.6. The minimum atomic E-state index is -0.926. The summed E-state index contributed by atoms with van der Waals surface area (Å²) in [7, 11) is 1.61. The quantitative estimate of drug-likeness (QED) is 0.360. The molecule has 37 heavy (non-hydrogen) atoms. The van der Waals surface area contributed by atoms with Gasteiger partial charge in [-0.2, -0.15) is 5.10 Å². The molecule has 1 aliphatic carbocycles. The third-order valence-corrected chi connectivity index (χ3v) is 6.77. The number of nitrogens with zero attached hydrogens (tertiary/aromatic N) is 3. The number of esters is 1. The van der Waals surface area contributed by atoms with E-state index in [1.807, 2.05) is 61.5 Å². The highest BCUT2D eigenvalue weighted by atomic mass is 16.5. The first-order chi connectivity index (χ1) is 17.9. The first-order valence-corrected chi connectivity index (χ1v) is 12.6. The van der Waals surface area contributed by atoms with Crippen molar-refractivity contribution in [2.24, 2.45) is 0 Å². The number of aryl methyl sites for hydroxylation is 1. The minimum absolute atomic E-state index is 0.148. The van der Waals surface area contributed by atoms with Crippen molar-refractivity contribution < 1.29 is 19.1 Å². The first kappa shape index (κ1) is 24.5. The van der Waals surface area contributed by atoms with Crippen molar-refractivity contribution in [3.05, 3.63) is 71.9 Å². The number of amides is 1. The molecule has 8 nitrogen and oxygen atoms in total. The Labute approximate surface area is 215 Å². The van der Waals surface area contributed by atoms with E-state index in [1.54, 1.807) is 24.8 Å². The number of para-hydroxylation sites is 1. The van der Waals surface area contributed by atoms with Gasteiger partial charge in [0.1, 0.15) is 5.75 Å². The normalized spacial score (nSPS) is 14.5. The van der Waals surface area contributed by atoms with Crippen molar-refractivity contribution in [2.45, 2.75) is 51.7 Å². The monoisotopic (exact) mass is 498 g/mol. The molecule has 1 N–H and O–H groups in total. The number of pyridine rings is 1. The Balaban J connectivity index is 1.55. The molecule has 0 bridgehead atoms. The summed E-state index contributed by atoms with van der Waals surface area (Å²) >= 11 is 0. The van der Waals surface area contributed by atoms with Gasteiger partial charge in [0, 0.05) is 11.6 Å². The molecule has 1 saturated carbocycles. The lowest BCUT2D eigenvalue weighted by Gasteiger charge is -2.17. The van der Waals surface area contributed by atoms with Crippen LogP contribution in [0.2, 0.25) is 0 Å². The van der Waals surface area contributed by atoms with E-state index in [2.05, 4.69) is 5.32 Å². The van der Waals surface area contributed by atoms with Gasteiger partial charge in [0.2, 0.25) is 0 Å². The minimum Gasteiger partial charge on any atom is -0.497 e. The highest BCUT2D eigenvalue weighted by Crippen LogP contribution is 2.30. The second-order valence-electron chi connectivity index (χ2n) is 9.35. The van der Waals surface area contributed by atoms with Crippen LogP contribution in [-0.4, -0.2) is 45.9 Å². The number of nitrogens with one attached hydrogen (secondary N) is 1. The number of ether oxygens (including phenoxy) is 2. The average molecular weight is 499 g/mol. The van der Waals surface area contributed by atoms with Crippen LogP contribution in [0.25, 0.3) is 28.0 Å². The molecule has 0 saturated heterocycles. The lowest BCUT2D eigenvalue weighted by atomic mass is 10.1. The van der Waals surface area contributed by atoms with E-state index in [4.69, 9.17) is 19.6 Å². The maximum Gasteiger partial charge on any atom is 0.339 e. The van der Waals surface area contributed by atoms with Crippen LogP contribution in [0.3, 0.4) is 0 Å². The lowest BCUT2D eigenvalue weighted by molar-refractivity contribution is -0.129. The second kappa shape index (κ2) is 10.4. The molecule has 0 radical (unpaired) electrons. The molecule has 190 valence electrons. The fourth-order valence-corrected chi connectivity index (χ4v) is 4.78. The molecule has 2 aromatic carbocycles. The number of methoxy groups -OCH3 is 1. The van der Waals surface area contributed by atoms with Gasteiger partial charge in [0.25, 0.3) is 5.91 Å². The zero-order valence-electron chi connectivity index (χ0n) is 21.2. The summed E-state index contributed by atoms with van der Waals surface area (Å²) in [4.78, 5) is 31.1. The predicted octanol–water partition coefficient (Wildman–Crippen LogP) is 5.01. The highest BCUT2D eigenvalue weighted by molar-refractivity contribution is 6.06. The van der Waals surface area contributed by atoms with E-state index < -0.39 is 12.1 Å². The average Bonchev–Trinajstić information content (AvgIpc) is 3.56. The molecule has 4 aromatic rings. The third kappa shape index (κ3) is 5.05. The van der Waals surface area contributed by atoms with Crippen LogP contribution in [0.5, 0.6) is 5.75 Å². The molecule has 1 aliphatic rings. The molecular formula is C29H30N4O4. The Morgan fingerprint density at radius 3 is 2.43 bits per heavy atom. The fraction of sp³-hybridized carbons (Fsp3) is 0.310. The Morgan fingerprint density at radius 1 is 1.05 bits per heavy atom. The molecule has 5 rings (SSSR count). The molecule has 1 atom stereocenters. The van der Waals surface area contributed by atoms with Gasteiger partial charge in [0.15, 0.2) is 11.8 Å². The smallest absolute Gasteiger partial charge is 0.339 e. The maximum absolute atomic E-state index is 13.5. The van der Waals surface area contributed by atoms with Crippen molar-refractivity contribution >= 4 is 22.9 Å². The van der Waals surface area contributed by atoms with Gasteiger partial charge in [-0.15, -0.1) is 0 Å². The molecule has 8 heteroatoms. The van der Waals surface area contributed by atoms with Crippen LogP contribution >= 0.6 is 0 Å². The number of aromatic nitrogens is 3. The number of fused-ring (bicyclic) bond motifs is 1. The zero-order valence-corrected chi connectivity index (χ0v) is 21.2. The van der Waals surface area contributed by atoms with E-state index in [1.165, 1.54) is 0 Å². The summed E-state index contributed by atoms with van der Waals surface area (Å²) in [6, 6.07) is 18.9. The zero-order chi connectivity index (χ0) is 25.9. The fourth-order valence-electron chi connectivity index (χ4n) is 4.78. The van der Waals surface area contributed by atoms with Gasteiger partial charge in [-0.05, 0) is 69.2 Å². The van der Waals surface area contributed by atoms with Gasteiger partial charge in [-0.1, -0.05) is 31.0 Å². The number of benzene rings is 2. The summed E-state index contributed by atoms with van der Waals surface area (Å²) in [6.45, 7) is 3.44. The summed E-state index contributed by atoms with van der Waals surface area (Å²) in [5, 5.41) is 8.29. The van der Waals surface area contributed by atoms with Crippen LogP contribution < -0.4 is 10.1 Å². The maximum atomic E-state index is 13.5. The van der Waals surface area contributed by atoms with Crippen molar-refractivity contribution in [3.8, 4) is 22.7 Å². The Kier molecular flexibility index (Phi) is 6.90.